The SMILES string of the molecule is Cl.Clc1ccc2[nH]cc(CCNCc3ccc4[nH]ccc4c3)c2c1. The van der Waals surface area contributed by atoms with Crippen molar-refractivity contribution in [1.82, 2.24) is 15.3 Å². The molecule has 3 nitrogen and oxygen atoms in total. The monoisotopic (exact) mass is 359 g/mol. The summed E-state index contributed by atoms with van der Waals surface area (Å²) in [5.74, 6) is 0. The molecule has 0 aliphatic carbocycles. The highest BCUT2D eigenvalue weighted by molar-refractivity contribution is 6.31. The van der Waals surface area contributed by atoms with Crippen molar-refractivity contribution >= 4 is 45.8 Å². The summed E-state index contributed by atoms with van der Waals surface area (Å²) >= 11 is 6.10. The van der Waals surface area contributed by atoms with Crippen LogP contribution in [0.3, 0.4) is 0 Å². The maximum atomic E-state index is 6.10. The summed E-state index contributed by atoms with van der Waals surface area (Å²) in [7, 11) is 0. The molecular weight excluding hydrogens is 341 g/mol. The van der Waals surface area contributed by atoms with Crippen LogP contribution in [0, 0.1) is 0 Å². The first-order valence-corrected chi connectivity index (χ1v) is 8.20. The number of rotatable bonds is 5. The van der Waals surface area contributed by atoms with Gasteiger partial charge in [-0.25, -0.2) is 0 Å². The van der Waals surface area contributed by atoms with Gasteiger partial charge in [0.2, 0.25) is 0 Å². The molecule has 0 unspecified atom stereocenters. The second-order valence-corrected chi connectivity index (χ2v) is 6.27. The summed E-state index contributed by atoms with van der Waals surface area (Å²) in [5, 5.41) is 6.78. The zero-order chi connectivity index (χ0) is 15.6. The molecule has 0 bridgehead atoms. The van der Waals surface area contributed by atoms with Crippen LogP contribution in [-0.4, -0.2) is 16.5 Å². The van der Waals surface area contributed by atoms with Gasteiger partial charge >= 0.3 is 0 Å². The summed E-state index contributed by atoms with van der Waals surface area (Å²) < 4.78 is 0. The van der Waals surface area contributed by atoms with Crippen molar-refractivity contribution in [2.24, 2.45) is 0 Å². The fourth-order valence-electron chi connectivity index (χ4n) is 3.03. The molecule has 0 spiro atoms. The minimum absolute atomic E-state index is 0. The Morgan fingerprint density at radius 3 is 2.75 bits per heavy atom. The molecule has 124 valence electrons. The summed E-state index contributed by atoms with van der Waals surface area (Å²) in [4.78, 5) is 6.52. The normalized spacial score (nSPS) is 11.0. The van der Waals surface area contributed by atoms with Crippen molar-refractivity contribution in [1.29, 1.82) is 0 Å². The first kappa shape index (κ1) is 16.9. The second-order valence-electron chi connectivity index (χ2n) is 5.83. The standard InChI is InChI=1S/C19H18ClN3.ClH/c20-16-2-4-19-17(10-16)15(12-23-19)5-7-21-11-13-1-3-18-14(9-13)6-8-22-18;/h1-4,6,8-10,12,21-23H,5,7,11H2;1H. The minimum atomic E-state index is 0. The molecule has 24 heavy (non-hydrogen) atoms. The van der Waals surface area contributed by atoms with Gasteiger partial charge in [0.25, 0.3) is 0 Å². The van der Waals surface area contributed by atoms with E-state index in [0.717, 1.165) is 30.0 Å². The van der Waals surface area contributed by atoms with Crippen molar-refractivity contribution in [2.45, 2.75) is 13.0 Å². The Labute approximate surface area is 151 Å². The maximum absolute atomic E-state index is 6.10. The van der Waals surface area contributed by atoms with Gasteiger partial charge in [-0.3, -0.25) is 0 Å². The van der Waals surface area contributed by atoms with Gasteiger partial charge in [-0.1, -0.05) is 17.7 Å². The molecule has 2 aromatic carbocycles. The van der Waals surface area contributed by atoms with Gasteiger partial charge in [0.15, 0.2) is 0 Å². The average Bonchev–Trinajstić information content (AvgIpc) is 3.17. The third-order valence-electron chi connectivity index (χ3n) is 4.25. The Balaban J connectivity index is 0.00000169. The fraction of sp³-hybridized carbons (Fsp3) is 0.158. The first-order chi connectivity index (χ1) is 11.3. The van der Waals surface area contributed by atoms with E-state index < -0.39 is 0 Å². The molecule has 4 rings (SSSR count). The minimum Gasteiger partial charge on any atom is -0.361 e. The highest BCUT2D eigenvalue weighted by Gasteiger charge is 2.04. The summed E-state index contributed by atoms with van der Waals surface area (Å²) in [5.41, 5.74) is 4.93. The van der Waals surface area contributed by atoms with Gasteiger partial charge in [-0.2, -0.15) is 0 Å². The number of aromatic amines is 2. The third kappa shape index (κ3) is 3.44. The molecule has 0 radical (unpaired) electrons. The van der Waals surface area contributed by atoms with E-state index in [0.29, 0.717) is 0 Å². The number of nitrogens with one attached hydrogen (secondary N) is 3. The van der Waals surface area contributed by atoms with Gasteiger partial charge in [0.1, 0.15) is 0 Å². The molecule has 3 N–H and O–H groups in total. The van der Waals surface area contributed by atoms with Gasteiger partial charge in [-0.15, -0.1) is 12.4 Å². The average molecular weight is 360 g/mol. The Hall–Kier alpha value is -1.94. The molecule has 0 aliphatic heterocycles. The molecule has 4 aromatic rings. The van der Waals surface area contributed by atoms with Crippen molar-refractivity contribution in [3.05, 3.63) is 71.0 Å². The van der Waals surface area contributed by atoms with Gasteiger partial charge in [-0.05, 0) is 65.9 Å². The summed E-state index contributed by atoms with van der Waals surface area (Å²) in [6.07, 6.45) is 5.03. The van der Waals surface area contributed by atoms with Crippen LogP contribution in [0.4, 0.5) is 0 Å². The van der Waals surface area contributed by atoms with Crippen LogP contribution < -0.4 is 5.32 Å². The fourth-order valence-corrected chi connectivity index (χ4v) is 3.20. The molecule has 2 heterocycles. The van der Waals surface area contributed by atoms with E-state index in [9.17, 15) is 0 Å². The van der Waals surface area contributed by atoms with Crippen LogP contribution in [0.1, 0.15) is 11.1 Å². The molecule has 0 saturated heterocycles. The Bertz CT molecular complexity index is 955. The van der Waals surface area contributed by atoms with Crippen molar-refractivity contribution in [3.8, 4) is 0 Å². The third-order valence-corrected chi connectivity index (χ3v) is 4.48. The smallest absolute Gasteiger partial charge is 0.0457 e. The largest absolute Gasteiger partial charge is 0.361 e. The predicted molar refractivity (Wildman–Crippen MR) is 104 cm³/mol. The molecule has 2 aromatic heterocycles. The van der Waals surface area contributed by atoms with E-state index >= 15 is 0 Å². The number of hydrogen-bond acceptors (Lipinski definition) is 1. The van der Waals surface area contributed by atoms with Crippen LogP contribution >= 0.6 is 24.0 Å². The number of hydrogen-bond donors (Lipinski definition) is 3. The molecule has 5 heteroatoms. The lowest BCUT2D eigenvalue weighted by atomic mass is 10.1. The van der Waals surface area contributed by atoms with Crippen LogP contribution in [0.5, 0.6) is 0 Å². The topological polar surface area (TPSA) is 43.6 Å². The molecule has 0 amide bonds. The van der Waals surface area contributed by atoms with Crippen LogP contribution in [0.15, 0.2) is 54.9 Å². The lowest BCUT2D eigenvalue weighted by Gasteiger charge is -2.05. The lowest BCUT2D eigenvalue weighted by molar-refractivity contribution is 0.689. The highest BCUT2D eigenvalue weighted by atomic mass is 35.5. The predicted octanol–water partition coefficient (Wildman–Crippen LogP) is 5.06. The highest BCUT2D eigenvalue weighted by Crippen LogP contribution is 2.22. The Morgan fingerprint density at radius 1 is 0.958 bits per heavy atom. The van der Waals surface area contributed by atoms with E-state index in [-0.39, 0.29) is 12.4 Å². The number of aromatic nitrogens is 2. The van der Waals surface area contributed by atoms with Crippen molar-refractivity contribution in [2.75, 3.05) is 6.54 Å². The lowest BCUT2D eigenvalue weighted by Crippen LogP contribution is -2.16. The van der Waals surface area contributed by atoms with E-state index in [2.05, 4.69) is 45.7 Å². The Morgan fingerprint density at radius 2 is 1.83 bits per heavy atom. The van der Waals surface area contributed by atoms with Gasteiger partial charge in [0, 0.05) is 40.4 Å². The molecule has 0 aliphatic rings. The first-order valence-electron chi connectivity index (χ1n) is 7.82. The molecule has 0 saturated carbocycles. The van der Waals surface area contributed by atoms with E-state index in [1.807, 2.05) is 24.4 Å². The van der Waals surface area contributed by atoms with Crippen LogP contribution in [-0.2, 0) is 13.0 Å². The van der Waals surface area contributed by atoms with E-state index in [4.69, 9.17) is 11.6 Å². The summed E-state index contributed by atoms with van der Waals surface area (Å²) in [6.45, 7) is 1.81. The summed E-state index contributed by atoms with van der Waals surface area (Å²) in [6, 6.07) is 14.6. The van der Waals surface area contributed by atoms with E-state index in [1.165, 1.54) is 27.4 Å². The second kappa shape index (κ2) is 7.31. The maximum Gasteiger partial charge on any atom is 0.0457 e. The zero-order valence-electron chi connectivity index (χ0n) is 13.1. The van der Waals surface area contributed by atoms with Gasteiger partial charge in [0.05, 0.1) is 0 Å². The van der Waals surface area contributed by atoms with Gasteiger partial charge < -0.3 is 15.3 Å². The molecule has 0 atom stereocenters. The molecule has 0 fully saturated rings. The quantitative estimate of drug-likeness (QED) is 0.428. The number of fused-ring (bicyclic) bond motifs is 2. The number of halogens is 2. The van der Waals surface area contributed by atoms with Crippen molar-refractivity contribution < 1.29 is 0 Å². The number of H-pyrrole nitrogens is 2. The van der Waals surface area contributed by atoms with Crippen LogP contribution in [0.25, 0.3) is 21.8 Å². The van der Waals surface area contributed by atoms with Crippen molar-refractivity contribution in [3.63, 3.8) is 0 Å². The van der Waals surface area contributed by atoms with Crippen LogP contribution in [0.2, 0.25) is 5.02 Å². The van der Waals surface area contributed by atoms with E-state index in [1.54, 1.807) is 0 Å². The zero-order valence-corrected chi connectivity index (χ0v) is 14.7. The Kier molecular flexibility index (Phi) is 5.14. The molecular formula is C19H19Cl2N3. The number of benzene rings is 2.